The van der Waals surface area contributed by atoms with Gasteiger partial charge in [0.25, 0.3) is 11.3 Å². The van der Waals surface area contributed by atoms with Crippen molar-refractivity contribution in [3.63, 3.8) is 0 Å². The Labute approximate surface area is 128 Å². The summed E-state index contributed by atoms with van der Waals surface area (Å²) < 4.78 is 1.39. The molecule has 0 saturated heterocycles. The van der Waals surface area contributed by atoms with Crippen molar-refractivity contribution in [1.29, 1.82) is 0 Å². The quantitative estimate of drug-likeness (QED) is 0.777. The maximum absolute atomic E-state index is 12.2. The number of benzene rings is 1. The predicted molar refractivity (Wildman–Crippen MR) is 86.3 cm³/mol. The summed E-state index contributed by atoms with van der Waals surface area (Å²) >= 11 is 0. The molecule has 0 aliphatic heterocycles. The Morgan fingerprint density at radius 2 is 1.91 bits per heavy atom. The van der Waals surface area contributed by atoms with Crippen LogP contribution in [0.2, 0.25) is 0 Å². The number of nitrogens with zero attached hydrogens (tertiary/aromatic N) is 3. The molecule has 2 aromatic heterocycles. The Morgan fingerprint density at radius 3 is 2.68 bits per heavy atom. The average Bonchev–Trinajstić information content (AvgIpc) is 2.89. The fourth-order valence-corrected chi connectivity index (χ4v) is 2.35. The van der Waals surface area contributed by atoms with E-state index >= 15 is 0 Å². The van der Waals surface area contributed by atoms with E-state index in [1.807, 2.05) is 19.1 Å². The second kappa shape index (κ2) is 5.29. The van der Waals surface area contributed by atoms with Crippen LogP contribution in [0.4, 0.5) is 5.69 Å². The molecule has 2 N–H and O–H groups in total. The van der Waals surface area contributed by atoms with E-state index in [0.29, 0.717) is 29.4 Å². The molecule has 22 heavy (non-hydrogen) atoms. The van der Waals surface area contributed by atoms with Crippen LogP contribution >= 0.6 is 0 Å². The summed E-state index contributed by atoms with van der Waals surface area (Å²) in [6, 6.07) is 6.13. The largest absolute Gasteiger partial charge is 0.378 e. The van der Waals surface area contributed by atoms with Crippen molar-refractivity contribution in [1.82, 2.24) is 19.6 Å². The van der Waals surface area contributed by atoms with Gasteiger partial charge in [0.1, 0.15) is 5.82 Å². The SMILES string of the molecule is Cc1cccc(NCc2nc3nc(C)c(C)c(=O)n3[nH]2)c1C. The molecule has 0 saturated carbocycles. The van der Waals surface area contributed by atoms with Crippen LogP contribution in [-0.4, -0.2) is 19.6 Å². The molecule has 0 radical (unpaired) electrons. The van der Waals surface area contributed by atoms with Gasteiger partial charge in [0.2, 0.25) is 0 Å². The fourth-order valence-electron chi connectivity index (χ4n) is 2.35. The van der Waals surface area contributed by atoms with Gasteiger partial charge in [0.15, 0.2) is 0 Å². The number of hydrogen-bond acceptors (Lipinski definition) is 4. The van der Waals surface area contributed by atoms with Gasteiger partial charge >= 0.3 is 0 Å². The third-order valence-electron chi connectivity index (χ3n) is 4.06. The van der Waals surface area contributed by atoms with Gasteiger partial charge in [-0.05, 0) is 44.9 Å². The summed E-state index contributed by atoms with van der Waals surface area (Å²) in [7, 11) is 0. The molecule has 2 heterocycles. The van der Waals surface area contributed by atoms with Crippen LogP contribution in [0.25, 0.3) is 5.78 Å². The molecule has 0 amide bonds. The van der Waals surface area contributed by atoms with E-state index in [1.54, 1.807) is 6.92 Å². The van der Waals surface area contributed by atoms with Crippen molar-refractivity contribution < 1.29 is 0 Å². The predicted octanol–water partition coefficient (Wildman–Crippen LogP) is 2.26. The second-order valence-corrected chi connectivity index (χ2v) is 5.53. The van der Waals surface area contributed by atoms with Crippen LogP contribution in [0.15, 0.2) is 23.0 Å². The van der Waals surface area contributed by atoms with Crippen LogP contribution < -0.4 is 10.9 Å². The highest BCUT2D eigenvalue weighted by Gasteiger charge is 2.10. The highest BCUT2D eigenvalue weighted by Crippen LogP contribution is 2.18. The summed E-state index contributed by atoms with van der Waals surface area (Å²) in [5.41, 5.74) is 4.75. The Bertz CT molecular complexity index is 907. The normalized spacial score (nSPS) is 11.1. The summed E-state index contributed by atoms with van der Waals surface area (Å²) in [6.07, 6.45) is 0. The molecule has 0 spiro atoms. The molecular formula is C16H19N5O. The Morgan fingerprint density at radius 1 is 1.14 bits per heavy atom. The van der Waals surface area contributed by atoms with E-state index in [2.05, 4.69) is 40.3 Å². The topological polar surface area (TPSA) is 75.1 Å². The van der Waals surface area contributed by atoms with E-state index in [4.69, 9.17) is 0 Å². The average molecular weight is 297 g/mol. The molecular weight excluding hydrogens is 278 g/mol. The van der Waals surface area contributed by atoms with Crippen molar-refractivity contribution in [2.75, 3.05) is 5.32 Å². The molecule has 114 valence electrons. The summed E-state index contributed by atoms with van der Waals surface area (Å²) in [6.45, 7) is 8.25. The summed E-state index contributed by atoms with van der Waals surface area (Å²) in [4.78, 5) is 20.9. The third-order valence-corrected chi connectivity index (χ3v) is 4.06. The van der Waals surface area contributed by atoms with E-state index < -0.39 is 0 Å². The third kappa shape index (κ3) is 2.36. The Kier molecular flexibility index (Phi) is 3.44. The minimum Gasteiger partial charge on any atom is -0.378 e. The molecule has 3 aromatic rings. The van der Waals surface area contributed by atoms with Gasteiger partial charge in [-0.15, -0.1) is 0 Å². The van der Waals surface area contributed by atoms with E-state index in [9.17, 15) is 4.79 Å². The highest BCUT2D eigenvalue weighted by atomic mass is 16.1. The molecule has 6 heteroatoms. The van der Waals surface area contributed by atoms with Gasteiger partial charge in [-0.1, -0.05) is 12.1 Å². The molecule has 0 unspecified atom stereocenters. The first-order valence-electron chi connectivity index (χ1n) is 7.22. The molecule has 0 bridgehead atoms. The standard InChI is InChI=1S/C16H19N5O/c1-9-6-5-7-13(10(9)2)17-8-14-19-16-18-12(4)11(3)15(22)21(16)20-14/h5-7,17H,8H2,1-4H3,(H,18,19,20). The van der Waals surface area contributed by atoms with Gasteiger partial charge < -0.3 is 5.32 Å². The molecule has 0 aliphatic rings. The van der Waals surface area contributed by atoms with Crippen molar-refractivity contribution >= 4 is 11.5 Å². The summed E-state index contributed by atoms with van der Waals surface area (Å²) in [5.74, 6) is 1.08. The molecule has 0 fully saturated rings. The van der Waals surface area contributed by atoms with Gasteiger partial charge in [-0.3, -0.25) is 9.89 Å². The second-order valence-electron chi connectivity index (χ2n) is 5.53. The lowest BCUT2D eigenvalue weighted by atomic mass is 10.1. The number of hydrogen-bond donors (Lipinski definition) is 2. The monoisotopic (exact) mass is 297 g/mol. The minimum absolute atomic E-state index is 0.104. The zero-order valence-corrected chi connectivity index (χ0v) is 13.2. The number of rotatable bonds is 3. The van der Waals surface area contributed by atoms with Crippen LogP contribution in [-0.2, 0) is 6.54 Å². The first kappa shape index (κ1) is 14.3. The maximum Gasteiger partial charge on any atom is 0.277 e. The van der Waals surface area contributed by atoms with Crippen LogP contribution in [0.1, 0.15) is 28.2 Å². The number of anilines is 1. The van der Waals surface area contributed by atoms with Gasteiger partial charge in [-0.25, -0.2) is 4.98 Å². The smallest absolute Gasteiger partial charge is 0.277 e. The fraction of sp³-hybridized carbons (Fsp3) is 0.312. The van der Waals surface area contributed by atoms with E-state index in [0.717, 1.165) is 5.69 Å². The molecule has 3 rings (SSSR count). The minimum atomic E-state index is -0.104. The van der Waals surface area contributed by atoms with Crippen molar-refractivity contribution in [2.45, 2.75) is 34.2 Å². The van der Waals surface area contributed by atoms with Gasteiger partial charge in [0.05, 0.1) is 6.54 Å². The van der Waals surface area contributed by atoms with Crippen molar-refractivity contribution in [3.05, 3.63) is 56.8 Å². The lowest BCUT2D eigenvalue weighted by molar-refractivity contribution is 0.841. The van der Waals surface area contributed by atoms with Crippen molar-refractivity contribution in [2.24, 2.45) is 0 Å². The van der Waals surface area contributed by atoms with E-state index in [-0.39, 0.29) is 5.56 Å². The number of nitrogens with one attached hydrogen (secondary N) is 2. The molecule has 6 nitrogen and oxygen atoms in total. The zero-order chi connectivity index (χ0) is 15.9. The highest BCUT2D eigenvalue weighted by molar-refractivity contribution is 5.53. The first-order valence-corrected chi connectivity index (χ1v) is 7.22. The van der Waals surface area contributed by atoms with Crippen molar-refractivity contribution in [3.8, 4) is 0 Å². The number of aryl methyl sites for hydroxylation is 2. The van der Waals surface area contributed by atoms with Gasteiger partial charge in [0, 0.05) is 16.9 Å². The van der Waals surface area contributed by atoms with Crippen LogP contribution in [0.5, 0.6) is 0 Å². The molecule has 0 atom stereocenters. The van der Waals surface area contributed by atoms with Crippen LogP contribution in [0.3, 0.4) is 0 Å². The number of H-pyrrole nitrogens is 1. The molecule has 0 aliphatic carbocycles. The Balaban J connectivity index is 1.90. The van der Waals surface area contributed by atoms with Crippen LogP contribution in [0, 0.1) is 27.7 Å². The summed E-state index contributed by atoms with van der Waals surface area (Å²) in [5, 5.41) is 6.35. The zero-order valence-electron chi connectivity index (χ0n) is 13.2. The lowest BCUT2D eigenvalue weighted by Crippen LogP contribution is -2.19. The maximum atomic E-state index is 12.2. The first-order chi connectivity index (χ1) is 10.5. The number of aromatic amines is 1. The van der Waals surface area contributed by atoms with Gasteiger partial charge in [-0.2, -0.15) is 9.50 Å². The Hall–Kier alpha value is -2.63. The van der Waals surface area contributed by atoms with E-state index in [1.165, 1.54) is 15.6 Å². The lowest BCUT2D eigenvalue weighted by Gasteiger charge is -2.09. The number of fused-ring (bicyclic) bond motifs is 1. The number of aromatic nitrogens is 4. The molecule has 1 aromatic carbocycles.